The third-order valence-corrected chi connectivity index (χ3v) is 11.9. The fraction of sp³-hybridized carbons (Fsp3) is 0.829. The van der Waals surface area contributed by atoms with Gasteiger partial charge in [0.25, 0.3) is 0 Å². The highest BCUT2D eigenvalue weighted by atomic mass is 16.6. The molecule has 7 nitrogen and oxygen atoms in total. The van der Waals surface area contributed by atoms with Crippen LogP contribution in [-0.2, 0) is 25.1 Å². The van der Waals surface area contributed by atoms with Crippen LogP contribution in [0.3, 0.4) is 0 Å². The number of benzene rings is 1. The van der Waals surface area contributed by atoms with Crippen molar-refractivity contribution in [3.05, 3.63) is 28.8 Å². The third kappa shape index (κ3) is 8.79. The molecule has 1 aromatic rings. The van der Waals surface area contributed by atoms with Crippen molar-refractivity contribution in [1.82, 2.24) is 9.80 Å². The van der Waals surface area contributed by atoms with Gasteiger partial charge in [-0.05, 0) is 116 Å². The molecule has 0 radical (unpaired) electrons. The molecule has 2 fully saturated rings. The lowest BCUT2D eigenvalue weighted by Gasteiger charge is -2.54. The zero-order chi connectivity index (χ0) is 37.0. The summed E-state index contributed by atoms with van der Waals surface area (Å²) in [6, 6.07) is 4.11. The summed E-state index contributed by atoms with van der Waals surface area (Å²) in [6.07, 6.45) is 2.49. The molecule has 2 aliphatic heterocycles. The molecule has 3 atom stereocenters. The standard InChI is InChI=1S/C41H72N2O5/c1-18-19-29(26-20-30(36(2,3)4)33(44)31(21-26)37(5,6)7)32(34(45)47-27-22-38(8,9)42(16)39(10,11)23-27)35(46)48-28-24-40(12,13)43(17)41(14,15)25-28/h20-21,27-29,32,34,44-45H,18-19,22-25H2,1-17H3. The van der Waals surface area contributed by atoms with Gasteiger partial charge in [-0.15, -0.1) is 0 Å². The topological polar surface area (TPSA) is 82.5 Å². The highest BCUT2D eigenvalue weighted by Gasteiger charge is 2.49. The van der Waals surface area contributed by atoms with E-state index in [0.717, 1.165) is 36.0 Å². The van der Waals surface area contributed by atoms with Gasteiger partial charge in [0.15, 0.2) is 6.29 Å². The number of aliphatic hydroxyl groups is 1. The molecule has 2 aliphatic rings. The number of esters is 1. The van der Waals surface area contributed by atoms with Crippen LogP contribution >= 0.6 is 0 Å². The second kappa shape index (κ2) is 13.8. The number of phenols is 1. The van der Waals surface area contributed by atoms with E-state index >= 15 is 0 Å². The van der Waals surface area contributed by atoms with Crippen molar-refractivity contribution in [2.75, 3.05) is 14.1 Å². The lowest BCUT2D eigenvalue weighted by atomic mass is 9.74. The first-order valence-electron chi connectivity index (χ1n) is 18.4. The quantitative estimate of drug-likeness (QED) is 0.201. The second-order valence-corrected chi connectivity index (χ2v) is 19.8. The number of aliphatic hydroxyl groups excluding tert-OH is 1. The predicted molar refractivity (Wildman–Crippen MR) is 198 cm³/mol. The molecule has 3 rings (SSSR count). The fourth-order valence-electron chi connectivity index (χ4n) is 8.62. The van der Waals surface area contributed by atoms with Gasteiger partial charge in [-0.25, -0.2) is 0 Å². The van der Waals surface area contributed by atoms with Crippen LogP contribution in [0.5, 0.6) is 5.75 Å². The molecule has 0 spiro atoms. The number of likely N-dealkylation sites (tertiary alicyclic amines) is 2. The maximum Gasteiger partial charge on any atom is 0.315 e. The first kappa shape index (κ1) is 40.8. The number of aromatic hydroxyl groups is 1. The second-order valence-electron chi connectivity index (χ2n) is 19.8. The first-order chi connectivity index (χ1) is 21.5. The average molecular weight is 673 g/mol. The summed E-state index contributed by atoms with van der Waals surface area (Å²) >= 11 is 0. The minimum absolute atomic E-state index is 0.142. The summed E-state index contributed by atoms with van der Waals surface area (Å²) in [7, 11) is 4.30. The summed E-state index contributed by atoms with van der Waals surface area (Å²) in [6.45, 7) is 32.4. The molecule has 0 aliphatic carbocycles. The van der Waals surface area contributed by atoms with Crippen molar-refractivity contribution >= 4 is 5.97 Å². The molecule has 0 saturated carbocycles. The van der Waals surface area contributed by atoms with Crippen molar-refractivity contribution < 1.29 is 24.5 Å². The van der Waals surface area contributed by atoms with Crippen molar-refractivity contribution in [1.29, 1.82) is 0 Å². The van der Waals surface area contributed by atoms with Crippen molar-refractivity contribution in [2.24, 2.45) is 5.92 Å². The average Bonchev–Trinajstić information content (AvgIpc) is 2.88. The Bertz CT molecular complexity index is 1210. The van der Waals surface area contributed by atoms with Gasteiger partial charge < -0.3 is 19.7 Å². The Balaban J connectivity index is 2.15. The number of hydrogen-bond donors (Lipinski definition) is 2. The van der Waals surface area contributed by atoms with Gasteiger partial charge in [0.2, 0.25) is 0 Å². The van der Waals surface area contributed by atoms with Gasteiger partial charge in [0.1, 0.15) is 17.8 Å². The molecule has 2 saturated heterocycles. The predicted octanol–water partition coefficient (Wildman–Crippen LogP) is 8.67. The maximum atomic E-state index is 14.7. The van der Waals surface area contributed by atoms with Crippen LogP contribution in [0.15, 0.2) is 12.1 Å². The van der Waals surface area contributed by atoms with E-state index in [2.05, 4.69) is 140 Å². The maximum absolute atomic E-state index is 14.7. The number of carbonyl (C=O) groups is 1. The van der Waals surface area contributed by atoms with E-state index in [1.165, 1.54) is 0 Å². The summed E-state index contributed by atoms with van der Waals surface area (Å²) in [4.78, 5) is 19.5. The van der Waals surface area contributed by atoms with Crippen LogP contribution in [0.2, 0.25) is 0 Å². The van der Waals surface area contributed by atoms with Gasteiger partial charge in [-0.1, -0.05) is 67.0 Å². The molecular weight excluding hydrogens is 600 g/mol. The molecule has 276 valence electrons. The van der Waals surface area contributed by atoms with Crippen molar-refractivity contribution in [2.45, 2.75) is 200 Å². The lowest BCUT2D eigenvalue weighted by Crippen LogP contribution is -2.61. The Morgan fingerprint density at radius 3 is 1.52 bits per heavy atom. The third-order valence-electron chi connectivity index (χ3n) is 11.9. The highest BCUT2D eigenvalue weighted by Crippen LogP contribution is 2.46. The SMILES string of the molecule is CCCC(c1cc(C(C)(C)C)c(O)c(C(C)(C)C)c1)C(C(=O)OC1CC(C)(C)N(C)C(C)(C)C1)C(O)OC1CC(C)(C)N(C)C(C)(C)C1. The molecule has 2 heterocycles. The number of hydrogen-bond acceptors (Lipinski definition) is 7. The smallest absolute Gasteiger partial charge is 0.315 e. The summed E-state index contributed by atoms with van der Waals surface area (Å²) in [5, 5.41) is 23.7. The molecule has 1 aromatic carbocycles. The zero-order valence-electron chi connectivity index (χ0n) is 33.8. The van der Waals surface area contributed by atoms with Crippen molar-refractivity contribution in [3.8, 4) is 5.75 Å². The van der Waals surface area contributed by atoms with E-state index in [0.29, 0.717) is 25.0 Å². The Morgan fingerprint density at radius 1 is 0.792 bits per heavy atom. The summed E-state index contributed by atoms with van der Waals surface area (Å²) < 4.78 is 13.1. The number of piperidine rings is 2. The van der Waals surface area contributed by atoms with Crippen LogP contribution in [0.25, 0.3) is 0 Å². The minimum atomic E-state index is -1.36. The van der Waals surface area contributed by atoms with E-state index in [4.69, 9.17) is 9.47 Å². The Kier molecular flexibility index (Phi) is 11.7. The van der Waals surface area contributed by atoms with Crippen LogP contribution in [0.4, 0.5) is 0 Å². The summed E-state index contributed by atoms with van der Waals surface area (Å²) in [5.74, 6) is -1.42. The van der Waals surface area contributed by atoms with E-state index in [9.17, 15) is 15.0 Å². The normalized spacial score (nSPS) is 24.2. The van der Waals surface area contributed by atoms with E-state index < -0.39 is 18.2 Å². The molecular formula is C41H72N2O5. The monoisotopic (exact) mass is 673 g/mol. The molecule has 3 unspecified atom stereocenters. The van der Waals surface area contributed by atoms with E-state index in [1.807, 2.05) is 0 Å². The Morgan fingerprint density at radius 2 is 1.17 bits per heavy atom. The fourth-order valence-corrected chi connectivity index (χ4v) is 8.62. The lowest BCUT2D eigenvalue weighted by molar-refractivity contribution is -0.214. The molecule has 0 aromatic heterocycles. The molecule has 48 heavy (non-hydrogen) atoms. The number of phenolic OH excluding ortho intramolecular Hbond substituents is 1. The van der Waals surface area contributed by atoms with E-state index in [1.54, 1.807) is 0 Å². The Labute approximate surface area is 294 Å². The highest BCUT2D eigenvalue weighted by molar-refractivity contribution is 5.75. The van der Waals surface area contributed by atoms with Gasteiger partial charge in [0.05, 0.1) is 6.10 Å². The van der Waals surface area contributed by atoms with Gasteiger partial charge in [-0.3, -0.25) is 14.6 Å². The Hall–Kier alpha value is -1.67. The number of rotatable bonds is 9. The zero-order valence-corrected chi connectivity index (χ0v) is 33.8. The van der Waals surface area contributed by atoms with Crippen LogP contribution in [0, 0.1) is 5.92 Å². The van der Waals surface area contributed by atoms with Crippen molar-refractivity contribution in [3.63, 3.8) is 0 Å². The molecule has 0 bridgehead atoms. The van der Waals surface area contributed by atoms with Gasteiger partial charge in [0, 0.05) is 40.9 Å². The van der Waals surface area contributed by atoms with Gasteiger partial charge >= 0.3 is 5.97 Å². The minimum Gasteiger partial charge on any atom is -0.507 e. The van der Waals surface area contributed by atoms with E-state index in [-0.39, 0.29) is 51.1 Å². The number of nitrogens with zero attached hydrogens (tertiary/aromatic N) is 2. The van der Waals surface area contributed by atoms with Crippen LogP contribution < -0.4 is 0 Å². The number of ether oxygens (including phenoxy) is 2. The molecule has 2 N–H and O–H groups in total. The number of carbonyl (C=O) groups excluding carboxylic acids is 1. The van der Waals surface area contributed by atoms with Crippen LogP contribution in [0.1, 0.15) is 165 Å². The van der Waals surface area contributed by atoms with Crippen LogP contribution in [-0.4, -0.2) is 80.7 Å². The molecule has 7 heteroatoms. The summed E-state index contributed by atoms with van der Waals surface area (Å²) in [5.41, 5.74) is 1.33. The first-order valence-corrected chi connectivity index (χ1v) is 18.4. The largest absolute Gasteiger partial charge is 0.507 e. The van der Waals surface area contributed by atoms with Gasteiger partial charge in [-0.2, -0.15) is 0 Å². The molecule has 0 amide bonds.